The van der Waals surface area contributed by atoms with Gasteiger partial charge in [-0.3, -0.25) is 4.79 Å². The van der Waals surface area contributed by atoms with Crippen molar-refractivity contribution >= 4 is 29.5 Å². The molecule has 0 radical (unpaired) electrons. The number of methoxy groups -OCH3 is 2. The third-order valence-corrected chi connectivity index (χ3v) is 5.75. The average molecular weight is 485 g/mol. The molecule has 36 heavy (non-hydrogen) atoms. The number of hydrogen-bond acceptors (Lipinski definition) is 7. The number of rotatable bonds is 6. The number of nitrogens with one attached hydrogen (secondary N) is 1. The summed E-state index contributed by atoms with van der Waals surface area (Å²) in [6.45, 7) is 0. The van der Waals surface area contributed by atoms with Crippen molar-refractivity contribution in [1.82, 2.24) is 5.32 Å². The van der Waals surface area contributed by atoms with Crippen molar-refractivity contribution in [2.75, 3.05) is 14.2 Å². The smallest absolute Gasteiger partial charge is 0.337 e. The van der Waals surface area contributed by atoms with Gasteiger partial charge in [0, 0.05) is 5.57 Å². The largest absolute Gasteiger partial charge is 0.508 e. The molecule has 1 amide bonds. The summed E-state index contributed by atoms with van der Waals surface area (Å²) >= 11 is 0. The summed E-state index contributed by atoms with van der Waals surface area (Å²) in [5.74, 6) is -1.40. The average Bonchev–Trinajstić information content (AvgIpc) is 3.23. The van der Waals surface area contributed by atoms with Gasteiger partial charge >= 0.3 is 11.9 Å². The Morgan fingerprint density at radius 1 is 0.833 bits per heavy atom. The minimum atomic E-state index is -1.30. The summed E-state index contributed by atoms with van der Waals surface area (Å²) in [7, 11) is 2.58. The highest BCUT2D eigenvalue weighted by molar-refractivity contribution is 6.13. The van der Waals surface area contributed by atoms with Crippen LogP contribution in [0.1, 0.15) is 43.5 Å². The maximum absolute atomic E-state index is 13.1. The van der Waals surface area contributed by atoms with E-state index in [-0.39, 0.29) is 11.3 Å². The summed E-state index contributed by atoms with van der Waals surface area (Å²) in [6.07, 6.45) is 0.425. The Bertz CT molecular complexity index is 1370. The van der Waals surface area contributed by atoms with Crippen LogP contribution in [-0.2, 0) is 14.3 Å². The molecule has 0 saturated carbocycles. The number of ether oxygens (including phenoxy) is 2. The molecule has 8 heteroatoms. The van der Waals surface area contributed by atoms with Crippen molar-refractivity contribution in [3.05, 3.63) is 112 Å². The lowest BCUT2D eigenvalue weighted by Gasteiger charge is -2.14. The van der Waals surface area contributed by atoms with E-state index in [0.717, 1.165) is 0 Å². The van der Waals surface area contributed by atoms with Crippen molar-refractivity contribution < 1.29 is 34.1 Å². The number of phenols is 1. The fraction of sp³-hybridized carbons (Fsp3) is 0.107. The number of benzene rings is 3. The van der Waals surface area contributed by atoms with E-state index in [4.69, 9.17) is 9.47 Å². The van der Waals surface area contributed by atoms with Gasteiger partial charge in [0.05, 0.1) is 36.6 Å². The molecule has 182 valence electrons. The van der Waals surface area contributed by atoms with Gasteiger partial charge in [-0.1, -0.05) is 36.4 Å². The van der Waals surface area contributed by atoms with Crippen molar-refractivity contribution in [2.24, 2.45) is 0 Å². The Morgan fingerprint density at radius 2 is 1.36 bits per heavy atom. The molecule has 1 atom stereocenters. The Labute approximate surface area is 207 Å². The monoisotopic (exact) mass is 485 g/mol. The second-order valence-corrected chi connectivity index (χ2v) is 7.98. The number of carbonyl (C=O) groups is 3. The van der Waals surface area contributed by atoms with Crippen LogP contribution in [0.5, 0.6) is 5.75 Å². The third kappa shape index (κ3) is 4.89. The van der Waals surface area contributed by atoms with Crippen LogP contribution >= 0.6 is 0 Å². The van der Waals surface area contributed by atoms with Gasteiger partial charge in [-0.2, -0.15) is 0 Å². The van der Waals surface area contributed by atoms with E-state index in [9.17, 15) is 24.6 Å². The summed E-state index contributed by atoms with van der Waals surface area (Å²) in [5, 5.41) is 23.8. The van der Waals surface area contributed by atoms with Gasteiger partial charge in [0.2, 0.25) is 0 Å². The second-order valence-electron chi connectivity index (χ2n) is 7.98. The van der Waals surface area contributed by atoms with Crippen LogP contribution < -0.4 is 5.32 Å². The minimum Gasteiger partial charge on any atom is -0.508 e. The summed E-state index contributed by atoms with van der Waals surface area (Å²) in [6, 6.07) is 19.0. The van der Waals surface area contributed by atoms with Crippen LogP contribution in [0.4, 0.5) is 0 Å². The fourth-order valence-electron chi connectivity index (χ4n) is 3.90. The molecule has 4 rings (SSSR count). The topological polar surface area (TPSA) is 122 Å². The van der Waals surface area contributed by atoms with Crippen molar-refractivity contribution in [1.29, 1.82) is 0 Å². The molecule has 1 unspecified atom stereocenters. The van der Waals surface area contributed by atoms with E-state index in [1.807, 2.05) is 0 Å². The van der Waals surface area contributed by atoms with Crippen LogP contribution in [-0.4, -0.2) is 42.3 Å². The highest BCUT2D eigenvalue weighted by Crippen LogP contribution is 2.38. The number of allylic oxidation sites excluding steroid dienone is 1. The first-order valence-corrected chi connectivity index (χ1v) is 10.9. The van der Waals surface area contributed by atoms with Crippen molar-refractivity contribution in [3.8, 4) is 5.75 Å². The van der Waals surface area contributed by atoms with Gasteiger partial charge in [0.25, 0.3) is 5.91 Å². The second kappa shape index (κ2) is 10.3. The molecule has 0 bridgehead atoms. The molecule has 3 aromatic carbocycles. The summed E-state index contributed by atoms with van der Waals surface area (Å²) in [4.78, 5) is 36.6. The zero-order valence-corrected chi connectivity index (χ0v) is 19.5. The van der Waals surface area contributed by atoms with Crippen LogP contribution in [0.2, 0.25) is 0 Å². The Balaban J connectivity index is 1.79. The minimum absolute atomic E-state index is 0.0565. The molecule has 1 aliphatic rings. The molecule has 0 aromatic heterocycles. The van der Waals surface area contributed by atoms with Gasteiger partial charge in [-0.15, -0.1) is 0 Å². The molecule has 0 saturated heterocycles. The lowest BCUT2D eigenvalue weighted by Crippen LogP contribution is -2.19. The van der Waals surface area contributed by atoms with Gasteiger partial charge in [-0.05, 0) is 59.2 Å². The molecule has 0 spiro atoms. The number of amides is 1. The van der Waals surface area contributed by atoms with Crippen LogP contribution in [0.3, 0.4) is 0 Å². The lowest BCUT2D eigenvalue weighted by molar-refractivity contribution is -0.117. The summed E-state index contributed by atoms with van der Waals surface area (Å²) < 4.78 is 9.43. The predicted molar refractivity (Wildman–Crippen MR) is 132 cm³/mol. The number of aromatic hydroxyl groups is 1. The van der Waals surface area contributed by atoms with Gasteiger partial charge in [0.15, 0.2) is 0 Å². The number of aliphatic hydroxyl groups is 1. The lowest BCUT2D eigenvalue weighted by atomic mass is 9.92. The maximum Gasteiger partial charge on any atom is 0.337 e. The zero-order chi connectivity index (χ0) is 25.8. The van der Waals surface area contributed by atoms with Gasteiger partial charge in [0.1, 0.15) is 11.9 Å². The standard InChI is InChI=1S/C28H23NO7/c1-35-27(33)19-5-3-16(4-6-19)15-22-23(17-11-13-21(30)14-12-17)24(26(32)29-22)25(31)18-7-9-20(10-8-18)28(34)36-2/h3-15,25,30-31H,1-2H3,(H,29,32)/b22-15-. The molecule has 1 heterocycles. The molecule has 3 aromatic rings. The first kappa shape index (κ1) is 24.4. The molecule has 0 fully saturated rings. The highest BCUT2D eigenvalue weighted by atomic mass is 16.5. The Kier molecular flexibility index (Phi) is 6.98. The molecule has 3 N–H and O–H groups in total. The SMILES string of the molecule is COC(=O)c1ccc(/C=C2\NC(=O)C(C(O)c3ccc(C(=O)OC)cc3)=C2c2ccc(O)cc2)cc1. The highest BCUT2D eigenvalue weighted by Gasteiger charge is 2.33. The van der Waals surface area contributed by atoms with Crippen LogP contribution in [0.15, 0.2) is 84.1 Å². The molecule has 8 nitrogen and oxygen atoms in total. The molecule has 0 aliphatic carbocycles. The third-order valence-electron chi connectivity index (χ3n) is 5.75. The number of phenolic OH excluding ortho intramolecular Hbond substituents is 1. The first-order valence-electron chi connectivity index (χ1n) is 10.9. The fourth-order valence-corrected chi connectivity index (χ4v) is 3.90. The Morgan fingerprint density at radius 3 is 1.89 bits per heavy atom. The molecular formula is C28H23NO7. The van der Waals surface area contributed by atoms with Crippen LogP contribution in [0.25, 0.3) is 11.6 Å². The summed E-state index contributed by atoms with van der Waals surface area (Å²) in [5.41, 5.74) is 3.43. The number of carbonyl (C=O) groups excluding carboxylic acids is 3. The molecule has 1 aliphatic heterocycles. The number of hydrogen-bond donors (Lipinski definition) is 3. The quantitative estimate of drug-likeness (QED) is 0.456. The normalized spacial score (nSPS) is 15.0. The van der Waals surface area contributed by atoms with Crippen LogP contribution in [0, 0.1) is 0 Å². The number of esters is 2. The van der Waals surface area contributed by atoms with Crippen molar-refractivity contribution in [3.63, 3.8) is 0 Å². The van der Waals surface area contributed by atoms with E-state index in [2.05, 4.69) is 5.32 Å². The van der Waals surface area contributed by atoms with E-state index < -0.39 is 23.9 Å². The van der Waals surface area contributed by atoms with E-state index >= 15 is 0 Å². The molecular weight excluding hydrogens is 462 g/mol. The first-order chi connectivity index (χ1) is 17.3. The maximum atomic E-state index is 13.1. The number of aliphatic hydroxyl groups excluding tert-OH is 1. The van der Waals surface area contributed by atoms with E-state index in [0.29, 0.717) is 39.1 Å². The van der Waals surface area contributed by atoms with Crippen molar-refractivity contribution in [2.45, 2.75) is 6.10 Å². The predicted octanol–water partition coefficient (Wildman–Crippen LogP) is 3.62. The van der Waals surface area contributed by atoms with E-state index in [1.165, 1.54) is 38.5 Å². The van der Waals surface area contributed by atoms with E-state index in [1.54, 1.807) is 54.6 Å². The van der Waals surface area contributed by atoms with Gasteiger partial charge in [-0.25, -0.2) is 9.59 Å². The Hall–Kier alpha value is -4.69. The van der Waals surface area contributed by atoms with Gasteiger partial charge < -0.3 is 25.0 Å². The zero-order valence-electron chi connectivity index (χ0n) is 19.5.